The molecule has 0 aliphatic carbocycles. The predicted octanol–water partition coefficient (Wildman–Crippen LogP) is 4.62. The average molecular weight is 374 g/mol. The molecule has 6 heteroatoms. The van der Waals surface area contributed by atoms with E-state index in [-0.39, 0.29) is 5.91 Å². The molecule has 0 bridgehead atoms. The zero-order chi connectivity index (χ0) is 18.6. The summed E-state index contributed by atoms with van der Waals surface area (Å²) in [4.78, 5) is 18.4. The molecule has 1 N–H and O–H groups in total. The van der Waals surface area contributed by atoms with Gasteiger partial charge in [-0.3, -0.25) is 4.79 Å². The first-order valence-corrected chi connectivity index (χ1v) is 9.49. The van der Waals surface area contributed by atoms with Gasteiger partial charge in [-0.25, -0.2) is 0 Å². The van der Waals surface area contributed by atoms with Gasteiger partial charge in [0.1, 0.15) is 0 Å². The number of nitrogens with zero attached hydrogens (tertiary/aromatic N) is 3. The lowest BCUT2D eigenvalue weighted by atomic mass is 10.1. The van der Waals surface area contributed by atoms with Gasteiger partial charge >= 0.3 is 0 Å². The molecule has 27 heavy (non-hydrogen) atoms. The van der Waals surface area contributed by atoms with Crippen LogP contribution in [-0.4, -0.2) is 20.7 Å². The third-order valence-electron chi connectivity index (χ3n) is 4.09. The number of aryl methyl sites for hydroxylation is 1. The highest BCUT2D eigenvalue weighted by Gasteiger charge is 2.19. The fourth-order valence-corrected chi connectivity index (χ4v) is 3.44. The topological polar surface area (TPSA) is 59.8 Å². The quantitative estimate of drug-likeness (QED) is 0.554. The van der Waals surface area contributed by atoms with Gasteiger partial charge < -0.3 is 5.32 Å². The summed E-state index contributed by atoms with van der Waals surface area (Å²) in [7, 11) is 0. The normalized spacial score (nSPS) is 10.7. The number of anilines is 1. The maximum atomic E-state index is 12.9. The van der Waals surface area contributed by atoms with E-state index in [1.165, 1.54) is 10.2 Å². The van der Waals surface area contributed by atoms with Gasteiger partial charge in [0.25, 0.3) is 5.91 Å². The fraction of sp³-hybridized carbons (Fsp3) is 0.0952. The third-order valence-corrected chi connectivity index (χ3v) is 4.96. The first kappa shape index (κ1) is 17.2. The summed E-state index contributed by atoms with van der Waals surface area (Å²) in [5, 5.41) is 9.69. The highest BCUT2D eigenvalue weighted by atomic mass is 32.1. The van der Waals surface area contributed by atoms with Crippen molar-refractivity contribution in [2.24, 2.45) is 0 Å². The van der Waals surface area contributed by atoms with Crippen molar-refractivity contribution in [3.63, 3.8) is 0 Å². The zero-order valence-corrected chi connectivity index (χ0v) is 15.6. The number of rotatable bonds is 5. The second-order valence-corrected chi connectivity index (χ2v) is 7.11. The molecule has 4 rings (SSSR count). The van der Waals surface area contributed by atoms with Gasteiger partial charge in [0.2, 0.25) is 5.95 Å². The summed E-state index contributed by atoms with van der Waals surface area (Å²) >= 11 is 1.54. The van der Waals surface area contributed by atoms with Gasteiger partial charge in [0.05, 0.1) is 4.88 Å². The van der Waals surface area contributed by atoms with Crippen LogP contribution in [0.5, 0.6) is 0 Å². The molecule has 0 saturated heterocycles. The number of aromatic nitrogens is 3. The monoisotopic (exact) mass is 374 g/mol. The van der Waals surface area contributed by atoms with Crippen molar-refractivity contribution >= 4 is 23.2 Å². The number of nitrogens with one attached hydrogen (secondary N) is 1. The molecular weight excluding hydrogens is 356 g/mol. The van der Waals surface area contributed by atoms with Crippen molar-refractivity contribution in [2.75, 3.05) is 5.32 Å². The van der Waals surface area contributed by atoms with Crippen LogP contribution in [0.2, 0.25) is 0 Å². The Morgan fingerprint density at radius 3 is 2.67 bits per heavy atom. The Balaban J connectivity index is 1.67. The van der Waals surface area contributed by atoms with Crippen molar-refractivity contribution in [3.05, 3.63) is 88.8 Å². The first-order chi connectivity index (χ1) is 13.2. The maximum Gasteiger partial charge on any atom is 0.281 e. The first-order valence-electron chi connectivity index (χ1n) is 8.61. The fourth-order valence-electron chi connectivity index (χ4n) is 2.78. The average Bonchev–Trinajstić information content (AvgIpc) is 3.36. The minimum atomic E-state index is -0.211. The number of carbonyl (C=O) groups excluding carboxylic acids is 1. The third kappa shape index (κ3) is 3.80. The minimum Gasteiger partial charge on any atom is -0.350 e. The molecular formula is C21H18N4OS. The Kier molecular flexibility index (Phi) is 4.80. The van der Waals surface area contributed by atoms with Crippen molar-refractivity contribution in [1.29, 1.82) is 0 Å². The van der Waals surface area contributed by atoms with Gasteiger partial charge in [-0.05, 0) is 36.1 Å². The molecule has 0 saturated carbocycles. The van der Waals surface area contributed by atoms with Gasteiger partial charge in [-0.1, -0.05) is 54.1 Å². The molecule has 0 fully saturated rings. The molecule has 0 spiro atoms. The lowest BCUT2D eigenvalue weighted by Crippen LogP contribution is -2.17. The second kappa shape index (κ2) is 7.55. The molecule has 2 aromatic heterocycles. The van der Waals surface area contributed by atoms with E-state index in [1.54, 1.807) is 23.5 Å². The molecule has 134 valence electrons. The van der Waals surface area contributed by atoms with Crippen molar-refractivity contribution in [1.82, 2.24) is 14.8 Å². The van der Waals surface area contributed by atoms with E-state index >= 15 is 0 Å². The Bertz CT molecular complexity index is 1060. The van der Waals surface area contributed by atoms with Crippen LogP contribution in [0.15, 0.2) is 72.1 Å². The summed E-state index contributed by atoms with van der Waals surface area (Å²) in [5.74, 6) is 0.771. The molecule has 2 heterocycles. The van der Waals surface area contributed by atoms with E-state index in [0.717, 1.165) is 10.4 Å². The second-order valence-electron chi connectivity index (χ2n) is 6.16. The van der Waals surface area contributed by atoms with Gasteiger partial charge in [-0.15, -0.1) is 16.4 Å². The molecule has 4 aromatic rings. The number of carbonyl (C=O) groups is 1. The molecule has 0 aliphatic rings. The van der Waals surface area contributed by atoms with E-state index < -0.39 is 0 Å². The number of hydrogen-bond acceptors (Lipinski definition) is 5. The minimum absolute atomic E-state index is 0.211. The summed E-state index contributed by atoms with van der Waals surface area (Å²) in [6.07, 6.45) is 0. The molecule has 2 aromatic carbocycles. The smallest absolute Gasteiger partial charge is 0.281 e. The molecule has 0 unspecified atom stereocenters. The van der Waals surface area contributed by atoms with Crippen LogP contribution in [0.3, 0.4) is 0 Å². The summed E-state index contributed by atoms with van der Waals surface area (Å²) in [6, 6.07) is 21.2. The summed E-state index contributed by atoms with van der Waals surface area (Å²) in [6.45, 7) is 2.62. The van der Waals surface area contributed by atoms with Crippen molar-refractivity contribution in [3.8, 4) is 10.7 Å². The molecule has 0 atom stereocenters. The lowest BCUT2D eigenvalue weighted by molar-refractivity contribution is 0.0947. The summed E-state index contributed by atoms with van der Waals surface area (Å²) in [5.41, 5.74) is 2.88. The van der Waals surface area contributed by atoms with Gasteiger partial charge in [0.15, 0.2) is 5.82 Å². The van der Waals surface area contributed by atoms with Gasteiger partial charge in [0, 0.05) is 12.1 Å². The molecule has 0 amide bonds. The van der Waals surface area contributed by atoms with Crippen LogP contribution in [0.4, 0.5) is 5.95 Å². The van der Waals surface area contributed by atoms with Gasteiger partial charge in [-0.2, -0.15) is 9.67 Å². The Hall–Kier alpha value is -3.25. The zero-order valence-electron chi connectivity index (χ0n) is 14.8. The predicted molar refractivity (Wildman–Crippen MR) is 108 cm³/mol. The standard InChI is InChI=1S/C21H18N4OS/c1-15-7-5-8-16(13-15)14-22-21-23-19(18-11-6-12-27-18)24-25(21)20(26)17-9-3-2-4-10-17/h2-13H,14H2,1H3,(H,22,23,24). The largest absolute Gasteiger partial charge is 0.350 e. The highest BCUT2D eigenvalue weighted by Crippen LogP contribution is 2.23. The van der Waals surface area contributed by atoms with Crippen LogP contribution < -0.4 is 5.32 Å². The van der Waals surface area contributed by atoms with Crippen LogP contribution in [0, 0.1) is 6.92 Å². The van der Waals surface area contributed by atoms with Crippen molar-refractivity contribution < 1.29 is 4.79 Å². The molecule has 5 nitrogen and oxygen atoms in total. The Morgan fingerprint density at radius 2 is 1.93 bits per heavy atom. The molecule has 0 radical (unpaired) electrons. The highest BCUT2D eigenvalue weighted by molar-refractivity contribution is 7.13. The van der Waals surface area contributed by atoms with Crippen LogP contribution in [0.25, 0.3) is 10.7 Å². The Morgan fingerprint density at radius 1 is 1.07 bits per heavy atom. The number of benzene rings is 2. The molecule has 0 aliphatic heterocycles. The van der Waals surface area contributed by atoms with E-state index in [4.69, 9.17) is 0 Å². The maximum absolute atomic E-state index is 12.9. The van der Waals surface area contributed by atoms with Crippen molar-refractivity contribution in [2.45, 2.75) is 13.5 Å². The summed E-state index contributed by atoms with van der Waals surface area (Å²) < 4.78 is 1.35. The van der Waals surface area contributed by atoms with Crippen LogP contribution in [0.1, 0.15) is 21.5 Å². The van der Waals surface area contributed by atoms with Crippen LogP contribution in [-0.2, 0) is 6.54 Å². The van der Waals surface area contributed by atoms with E-state index in [2.05, 4.69) is 34.5 Å². The van der Waals surface area contributed by atoms with E-state index in [0.29, 0.717) is 23.9 Å². The lowest BCUT2D eigenvalue weighted by Gasteiger charge is -2.08. The number of thiophene rings is 1. The van der Waals surface area contributed by atoms with E-state index in [1.807, 2.05) is 47.8 Å². The van der Waals surface area contributed by atoms with E-state index in [9.17, 15) is 4.79 Å². The SMILES string of the molecule is Cc1cccc(CNc2nc(-c3cccs3)nn2C(=O)c2ccccc2)c1. The number of hydrogen-bond donors (Lipinski definition) is 1. The van der Waals surface area contributed by atoms with Crippen LogP contribution >= 0.6 is 11.3 Å². The Labute approximate surface area is 161 Å².